The number of benzene rings is 1. The van der Waals surface area contributed by atoms with Gasteiger partial charge < -0.3 is 5.32 Å². The third-order valence-electron chi connectivity index (χ3n) is 1.87. The summed E-state index contributed by atoms with van der Waals surface area (Å²) in [4.78, 5) is 0. The molecule has 15 heavy (non-hydrogen) atoms. The Balaban J connectivity index is 2.33. The highest BCUT2D eigenvalue weighted by Gasteiger charge is 1.94. The van der Waals surface area contributed by atoms with E-state index in [-0.39, 0.29) is 0 Å². The third-order valence-corrected chi connectivity index (χ3v) is 2.12. The van der Waals surface area contributed by atoms with Gasteiger partial charge in [-0.3, -0.25) is 10.9 Å². The molecule has 1 aromatic carbocycles. The second-order valence-corrected chi connectivity index (χ2v) is 3.78. The first kappa shape index (κ1) is 11.8. The van der Waals surface area contributed by atoms with E-state index in [2.05, 4.69) is 42.1 Å². The second kappa shape index (κ2) is 6.24. The number of hydrogen-bond acceptors (Lipinski definition) is 2. The zero-order valence-corrected chi connectivity index (χ0v) is 9.95. The Morgan fingerprint density at radius 3 is 2.87 bits per heavy atom. The molecule has 0 fully saturated rings. The molecular formula is C11H17N3S. The van der Waals surface area contributed by atoms with Crippen LogP contribution in [-0.4, -0.2) is 11.7 Å². The quantitative estimate of drug-likeness (QED) is 0.540. The van der Waals surface area contributed by atoms with Crippen LogP contribution in [0.1, 0.15) is 18.9 Å². The van der Waals surface area contributed by atoms with E-state index in [1.54, 1.807) is 0 Å². The topological polar surface area (TPSA) is 36.1 Å². The van der Waals surface area contributed by atoms with Crippen molar-refractivity contribution in [2.45, 2.75) is 20.3 Å². The lowest BCUT2D eigenvalue weighted by Crippen LogP contribution is -2.39. The van der Waals surface area contributed by atoms with Gasteiger partial charge in [0.2, 0.25) is 0 Å². The molecule has 0 aromatic heterocycles. The molecule has 1 aromatic rings. The lowest BCUT2D eigenvalue weighted by atomic mass is 10.2. The lowest BCUT2D eigenvalue weighted by Gasteiger charge is -2.12. The third kappa shape index (κ3) is 4.65. The van der Waals surface area contributed by atoms with Crippen LogP contribution in [0, 0.1) is 6.92 Å². The van der Waals surface area contributed by atoms with Gasteiger partial charge in [0.25, 0.3) is 0 Å². The molecule has 0 bridgehead atoms. The summed E-state index contributed by atoms with van der Waals surface area (Å²) >= 11 is 5.07. The van der Waals surface area contributed by atoms with Crippen LogP contribution < -0.4 is 16.2 Å². The molecule has 3 N–H and O–H groups in total. The highest BCUT2D eigenvalue weighted by molar-refractivity contribution is 7.80. The molecule has 0 saturated carbocycles. The Bertz CT molecular complexity index is 325. The first-order chi connectivity index (χ1) is 7.22. The standard InChI is InChI=1S/C11H17N3S/c1-3-7-12-11(15)14-13-10-6-4-5-9(2)8-10/h4-6,8,13H,3,7H2,1-2H3,(H2,12,14,15). The van der Waals surface area contributed by atoms with Gasteiger partial charge in [-0.2, -0.15) is 0 Å². The fourth-order valence-corrected chi connectivity index (χ4v) is 1.29. The van der Waals surface area contributed by atoms with Gasteiger partial charge in [0.05, 0.1) is 5.69 Å². The van der Waals surface area contributed by atoms with Crippen molar-refractivity contribution in [1.29, 1.82) is 0 Å². The largest absolute Gasteiger partial charge is 0.361 e. The van der Waals surface area contributed by atoms with Crippen molar-refractivity contribution in [3.05, 3.63) is 29.8 Å². The molecule has 4 heteroatoms. The van der Waals surface area contributed by atoms with Crippen molar-refractivity contribution in [2.24, 2.45) is 0 Å². The van der Waals surface area contributed by atoms with Crippen molar-refractivity contribution < 1.29 is 0 Å². The minimum Gasteiger partial charge on any atom is -0.361 e. The van der Waals surface area contributed by atoms with Gasteiger partial charge in [-0.15, -0.1) is 0 Å². The summed E-state index contributed by atoms with van der Waals surface area (Å²) in [5.41, 5.74) is 8.20. The van der Waals surface area contributed by atoms with E-state index < -0.39 is 0 Å². The molecule has 0 saturated heterocycles. The predicted octanol–water partition coefficient (Wildman–Crippen LogP) is 2.20. The van der Waals surface area contributed by atoms with Gasteiger partial charge in [0.1, 0.15) is 0 Å². The van der Waals surface area contributed by atoms with Gasteiger partial charge >= 0.3 is 0 Å². The molecule has 82 valence electrons. The van der Waals surface area contributed by atoms with Crippen LogP contribution in [0.5, 0.6) is 0 Å². The summed E-state index contributed by atoms with van der Waals surface area (Å²) in [7, 11) is 0. The van der Waals surface area contributed by atoms with Crippen LogP contribution in [0.25, 0.3) is 0 Å². The Morgan fingerprint density at radius 2 is 2.20 bits per heavy atom. The fraction of sp³-hybridized carbons (Fsp3) is 0.364. The molecule has 3 nitrogen and oxygen atoms in total. The van der Waals surface area contributed by atoms with Gasteiger partial charge in [0.15, 0.2) is 5.11 Å². The average molecular weight is 223 g/mol. The summed E-state index contributed by atoms with van der Waals surface area (Å²) in [6, 6.07) is 8.10. The normalized spacial score (nSPS) is 9.47. The number of aryl methyl sites for hydroxylation is 1. The maximum Gasteiger partial charge on any atom is 0.185 e. The second-order valence-electron chi connectivity index (χ2n) is 3.38. The molecule has 0 spiro atoms. The van der Waals surface area contributed by atoms with Crippen LogP contribution >= 0.6 is 12.2 Å². The summed E-state index contributed by atoms with van der Waals surface area (Å²) in [6.45, 7) is 5.05. The van der Waals surface area contributed by atoms with E-state index in [0.29, 0.717) is 5.11 Å². The first-order valence-electron chi connectivity index (χ1n) is 5.09. The molecule has 0 amide bonds. The van der Waals surface area contributed by atoms with Crippen molar-refractivity contribution >= 4 is 23.0 Å². The summed E-state index contributed by atoms with van der Waals surface area (Å²) in [5.74, 6) is 0. The Labute approximate surface area is 96.2 Å². The summed E-state index contributed by atoms with van der Waals surface area (Å²) in [6.07, 6.45) is 1.06. The first-order valence-corrected chi connectivity index (χ1v) is 5.49. The lowest BCUT2D eigenvalue weighted by molar-refractivity contribution is 0.826. The number of thiocarbonyl (C=S) groups is 1. The maximum absolute atomic E-state index is 5.07. The van der Waals surface area contributed by atoms with E-state index in [1.165, 1.54) is 5.56 Å². The monoisotopic (exact) mass is 223 g/mol. The molecule has 0 aliphatic rings. The number of hydrazine groups is 1. The number of anilines is 1. The molecule has 0 radical (unpaired) electrons. The van der Waals surface area contributed by atoms with Crippen LogP contribution in [0.3, 0.4) is 0 Å². The van der Waals surface area contributed by atoms with E-state index in [4.69, 9.17) is 12.2 Å². The molecule has 0 atom stereocenters. The highest BCUT2D eigenvalue weighted by Crippen LogP contribution is 2.07. The van der Waals surface area contributed by atoms with Crippen molar-refractivity contribution in [1.82, 2.24) is 10.7 Å². The number of rotatable bonds is 4. The molecule has 0 aliphatic heterocycles. The molecule has 0 heterocycles. The van der Waals surface area contributed by atoms with Crippen LogP contribution in [0.2, 0.25) is 0 Å². The predicted molar refractivity (Wildman–Crippen MR) is 68.8 cm³/mol. The average Bonchev–Trinajstić information content (AvgIpc) is 2.23. The Hall–Kier alpha value is -1.29. The van der Waals surface area contributed by atoms with Gasteiger partial charge in [0, 0.05) is 6.54 Å². The molecule has 0 unspecified atom stereocenters. The number of hydrogen-bond donors (Lipinski definition) is 3. The van der Waals surface area contributed by atoms with E-state index >= 15 is 0 Å². The van der Waals surface area contributed by atoms with Gasteiger partial charge in [-0.25, -0.2) is 0 Å². The SMILES string of the molecule is CCCNC(=S)NNc1cccc(C)c1. The van der Waals surface area contributed by atoms with E-state index in [9.17, 15) is 0 Å². The maximum atomic E-state index is 5.07. The summed E-state index contributed by atoms with van der Waals surface area (Å²) < 4.78 is 0. The van der Waals surface area contributed by atoms with E-state index in [0.717, 1.165) is 18.7 Å². The minimum atomic E-state index is 0.623. The Morgan fingerprint density at radius 1 is 1.40 bits per heavy atom. The van der Waals surface area contributed by atoms with Gasteiger partial charge in [-0.05, 0) is 43.3 Å². The molecule has 0 aliphatic carbocycles. The van der Waals surface area contributed by atoms with Crippen molar-refractivity contribution in [3.8, 4) is 0 Å². The highest BCUT2D eigenvalue weighted by atomic mass is 32.1. The van der Waals surface area contributed by atoms with Crippen LogP contribution in [0.15, 0.2) is 24.3 Å². The smallest absolute Gasteiger partial charge is 0.185 e. The van der Waals surface area contributed by atoms with Crippen LogP contribution in [-0.2, 0) is 0 Å². The molecular weight excluding hydrogens is 206 g/mol. The fourth-order valence-electron chi connectivity index (χ4n) is 1.13. The van der Waals surface area contributed by atoms with E-state index in [1.807, 2.05) is 12.1 Å². The summed E-state index contributed by atoms with van der Waals surface area (Å²) in [5, 5.41) is 3.70. The minimum absolute atomic E-state index is 0.623. The number of nitrogens with one attached hydrogen (secondary N) is 3. The van der Waals surface area contributed by atoms with Crippen molar-refractivity contribution in [3.63, 3.8) is 0 Å². The zero-order chi connectivity index (χ0) is 11.1. The molecule has 1 rings (SSSR count). The van der Waals surface area contributed by atoms with Crippen molar-refractivity contribution in [2.75, 3.05) is 12.0 Å². The van der Waals surface area contributed by atoms with Crippen LogP contribution in [0.4, 0.5) is 5.69 Å². The van der Waals surface area contributed by atoms with Gasteiger partial charge in [-0.1, -0.05) is 19.1 Å². The zero-order valence-electron chi connectivity index (χ0n) is 9.13. The Kier molecular flexibility index (Phi) is 4.90.